The van der Waals surface area contributed by atoms with E-state index in [9.17, 15) is 9.59 Å². The van der Waals surface area contributed by atoms with Crippen molar-refractivity contribution in [3.63, 3.8) is 0 Å². The zero-order chi connectivity index (χ0) is 16.0. The molecule has 1 atom stereocenters. The van der Waals surface area contributed by atoms with Crippen molar-refractivity contribution in [2.24, 2.45) is 0 Å². The third-order valence-electron chi connectivity index (χ3n) is 3.40. The first-order chi connectivity index (χ1) is 9.86. The fourth-order valence-electron chi connectivity index (χ4n) is 1.89. The molecule has 0 aliphatic carbocycles. The number of nitrogens with zero attached hydrogens (tertiary/aromatic N) is 2. The fraction of sp³-hybridized carbons (Fsp3) is 0.643. The van der Waals surface area contributed by atoms with Crippen molar-refractivity contribution in [2.75, 3.05) is 12.3 Å². The van der Waals surface area contributed by atoms with Crippen molar-refractivity contribution in [1.29, 1.82) is 0 Å². The Balaban J connectivity index is 2.56. The summed E-state index contributed by atoms with van der Waals surface area (Å²) < 4.78 is 5.07. The SMILES string of the molecule is CCC(C)N(CC(=O)O)C(=O)CSCc1c(C)noc1C. The third kappa shape index (κ3) is 5.08. The monoisotopic (exact) mass is 314 g/mol. The van der Waals surface area contributed by atoms with Crippen LogP contribution in [0.2, 0.25) is 0 Å². The van der Waals surface area contributed by atoms with Gasteiger partial charge in [0.25, 0.3) is 0 Å². The highest BCUT2D eigenvalue weighted by Crippen LogP contribution is 2.20. The first kappa shape index (κ1) is 17.6. The van der Waals surface area contributed by atoms with Gasteiger partial charge in [-0.2, -0.15) is 0 Å². The topological polar surface area (TPSA) is 83.6 Å². The van der Waals surface area contributed by atoms with Crippen LogP contribution in [0, 0.1) is 13.8 Å². The lowest BCUT2D eigenvalue weighted by atomic mass is 10.2. The van der Waals surface area contributed by atoms with E-state index in [0.29, 0.717) is 5.75 Å². The quantitative estimate of drug-likeness (QED) is 0.792. The minimum atomic E-state index is -0.987. The Hall–Kier alpha value is -1.50. The van der Waals surface area contributed by atoms with Gasteiger partial charge in [0.05, 0.1) is 11.4 Å². The molecule has 0 aliphatic heterocycles. The van der Waals surface area contributed by atoms with Gasteiger partial charge in [-0.05, 0) is 27.2 Å². The largest absolute Gasteiger partial charge is 0.480 e. The lowest BCUT2D eigenvalue weighted by Crippen LogP contribution is -2.42. The maximum absolute atomic E-state index is 12.2. The molecule has 0 bridgehead atoms. The summed E-state index contributed by atoms with van der Waals surface area (Å²) in [7, 11) is 0. The molecule has 0 saturated carbocycles. The van der Waals surface area contributed by atoms with Gasteiger partial charge in [0.1, 0.15) is 12.3 Å². The highest BCUT2D eigenvalue weighted by molar-refractivity contribution is 7.99. The average Bonchev–Trinajstić information content (AvgIpc) is 2.75. The molecular formula is C14H22N2O4S. The molecule has 1 unspecified atom stereocenters. The number of aliphatic carboxylic acids is 1. The minimum absolute atomic E-state index is 0.0757. The van der Waals surface area contributed by atoms with Crippen molar-refractivity contribution in [3.8, 4) is 0 Å². The predicted molar refractivity (Wildman–Crippen MR) is 81.2 cm³/mol. The Labute approximate surface area is 128 Å². The van der Waals surface area contributed by atoms with E-state index in [-0.39, 0.29) is 24.2 Å². The lowest BCUT2D eigenvalue weighted by Gasteiger charge is -2.26. The van der Waals surface area contributed by atoms with Crippen LogP contribution in [0.25, 0.3) is 0 Å². The summed E-state index contributed by atoms with van der Waals surface area (Å²) >= 11 is 1.45. The molecule has 0 saturated heterocycles. The number of carbonyl (C=O) groups excluding carboxylic acids is 1. The summed E-state index contributed by atoms with van der Waals surface area (Å²) in [6.07, 6.45) is 0.730. The number of carboxylic acids is 1. The van der Waals surface area contributed by atoms with Crippen LogP contribution >= 0.6 is 11.8 Å². The number of amides is 1. The number of thioether (sulfide) groups is 1. The molecule has 1 amide bonds. The van der Waals surface area contributed by atoms with E-state index in [2.05, 4.69) is 5.16 Å². The first-order valence-corrected chi connectivity index (χ1v) is 8.03. The summed E-state index contributed by atoms with van der Waals surface area (Å²) in [6, 6.07) is -0.0757. The van der Waals surface area contributed by atoms with Crippen LogP contribution in [-0.2, 0) is 15.3 Å². The lowest BCUT2D eigenvalue weighted by molar-refractivity contribution is -0.144. The van der Waals surface area contributed by atoms with E-state index in [4.69, 9.17) is 9.63 Å². The van der Waals surface area contributed by atoms with Crippen molar-refractivity contribution < 1.29 is 19.2 Å². The van der Waals surface area contributed by atoms with Crippen LogP contribution in [0.15, 0.2) is 4.52 Å². The van der Waals surface area contributed by atoms with Gasteiger partial charge in [0.15, 0.2) is 0 Å². The zero-order valence-corrected chi connectivity index (χ0v) is 13.7. The van der Waals surface area contributed by atoms with Gasteiger partial charge < -0.3 is 14.5 Å². The minimum Gasteiger partial charge on any atom is -0.480 e. The van der Waals surface area contributed by atoms with Gasteiger partial charge in [0, 0.05) is 17.4 Å². The highest BCUT2D eigenvalue weighted by atomic mass is 32.2. The Morgan fingerprint density at radius 1 is 1.43 bits per heavy atom. The molecule has 1 aromatic heterocycles. The molecule has 6 nitrogen and oxygen atoms in total. The van der Waals surface area contributed by atoms with Crippen molar-refractivity contribution >= 4 is 23.6 Å². The molecule has 7 heteroatoms. The van der Waals surface area contributed by atoms with Gasteiger partial charge in [-0.1, -0.05) is 12.1 Å². The van der Waals surface area contributed by atoms with Gasteiger partial charge in [-0.15, -0.1) is 11.8 Å². The molecule has 21 heavy (non-hydrogen) atoms. The van der Waals surface area contributed by atoms with Gasteiger partial charge in [-0.3, -0.25) is 9.59 Å². The maximum atomic E-state index is 12.2. The Bertz CT molecular complexity index is 482. The number of hydrogen-bond donors (Lipinski definition) is 1. The zero-order valence-electron chi connectivity index (χ0n) is 12.9. The molecule has 0 spiro atoms. The number of aryl methyl sites for hydroxylation is 2. The summed E-state index contributed by atoms with van der Waals surface area (Å²) in [5.41, 5.74) is 1.83. The summed E-state index contributed by atoms with van der Waals surface area (Å²) in [6.45, 7) is 7.25. The highest BCUT2D eigenvalue weighted by Gasteiger charge is 2.21. The molecular weight excluding hydrogens is 292 g/mol. The predicted octanol–water partition coefficient (Wildman–Crippen LogP) is 2.24. The number of carboxylic acid groups (broad SMARTS) is 1. The average molecular weight is 314 g/mol. The van der Waals surface area contributed by atoms with Crippen molar-refractivity contribution in [1.82, 2.24) is 10.1 Å². The Morgan fingerprint density at radius 2 is 2.10 bits per heavy atom. The molecule has 1 rings (SSSR count). The molecule has 0 aromatic carbocycles. The normalized spacial score (nSPS) is 12.2. The smallest absolute Gasteiger partial charge is 0.323 e. The molecule has 0 fully saturated rings. The molecule has 118 valence electrons. The van der Waals surface area contributed by atoms with Crippen molar-refractivity contribution in [3.05, 3.63) is 17.0 Å². The van der Waals surface area contributed by atoms with Crippen LogP contribution in [0.5, 0.6) is 0 Å². The second-order valence-corrected chi connectivity index (χ2v) is 5.95. The van der Waals surface area contributed by atoms with Crippen LogP contribution in [0.3, 0.4) is 0 Å². The number of carbonyl (C=O) groups is 2. The van der Waals surface area contributed by atoms with Crippen LogP contribution in [0.1, 0.15) is 37.3 Å². The van der Waals surface area contributed by atoms with E-state index in [0.717, 1.165) is 23.4 Å². The van der Waals surface area contributed by atoms with E-state index in [1.165, 1.54) is 16.7 Å². The van der Waals surface area contributed by atoms with E-state index < -0.39 is 5.97 Å². The van der Waals surface area contributed by atoms with E-state index in [1.807, 2.05) is 27.7 Å². The fourth-order valence-corrected chi connectivity index (χ4v) is 2.95. The van der Waals surface area contributed by atoms with Crippen LogP contribution < -0.4 is 0 Å². The summed E-state index contributed by atoms with van der Waals surface area (Å²) in [4.78, 5) is 24.5. The van der Waals surface area contributed by atoms with Crippen LogP contribution in [-0.4, -0.2) is 45.4 Å². The van der Waals surface area contributed by atoms with Gasteiger partial charge >= 0.3 is 5.97 Å². The molecule has 1 heterocycles. The summed E-state index contributed by atoms with van der Waals surface area (Å²) in [5, 5.41) is 12.8. The number of hydrogen-bond acceptors (Lipinski definition) is 5. The maximum Gasteiger partial charge on any atom is 0.323 e. The second-order valence-electron chi connectivity index (χ2n) is 4.97. The van der Waals surface area contributed by atoms with E-state index in [1.54, 1.807) is 0 Å². The van der Waals surface area contributed by atoms with Gasteiger partial charge in [0.2, 0.25) is 5.91 Å². The van der Waals surface area contributed by atoms with E-state index >= 15 is 0 Å². The number of aromatic nitrogens is 1. The van der Waals surface area contributed by atoms with Crippen molar-refractivity contribution in [2.45, 2.75) is 45.9 Å². The molecule has 0 radical (unpaired) electrons. The number of rotatable bonds is 8. The summed E-state index contributed by atoms with van der Waals surface area (Å²) in [5.74, 6) is 0.510. The Morgan fingerprint density at radius 3 is 2.57 bits per heavy atom. The van der Waals surface area contributed by atoms with Gasteiger partial charge in [-0.25, -0.2) is 0 Å². The molecule has 1 aromatic rings. The second kappa shape index (κ2) is 8.07. The standard InChI is InChI=1S/C14H22N2O4S/c1-5-9(2)16(6-14(18)19)13(17)8-21-7-12-10(3)15-20-11(12)4/h9H,5-8H2,1-4H3,(H,18,19). The molecule has 0 aliphatic rings. The Kier molecular flexibility index (Phi) is 6.74. The first-order valence-electron chi connectivity index (χ1n) is 6.87. The van der Waals surface area contributed by atoms with Crippen LogP contribution in [0.4, 0.5) is 0 Å². The third-order valence-corrected chi connectivity index (χ3v) is 4.35. The molecule has 1 N–H and O–H groups in total.